The number of carbonyl (C=O) groups excluding carboxylic acids is 1. The Bertz CT molecular complexity index is 471. The van der Waals surface area contributed by atoms with Crippen LogP contribution >= 0.6 is 0 Å². The van der Waals surface area contributed by atoms with E-state index < -0.39 is 0 Å². The summed E-state index contributed by atoms with van der Waals surface area (Å²) in [5.41, 5.74) is 1.40. The van der Waals surface area contributed by atoms with Crippen molar-refractivity contribution >= 4 is 11.7 Å². The predicted molar refractivity (Wildman–Crippen MR) is 59.2 cm³/mol. The summed E-state index contributed by atoms with van der Waals surface area (Å²) >= 11 is 0. The van der Waals surface area contributed by atoms with Gasteiger partial charge in [0.05, 0.1) is 0 Å². The van der Waals surface area contributed by atoms with Crippen molar-refractivity contribution in [3.05, 3.63) is 29.7 Å². The van der Waals surface area contributed by atoms with Crippen LogP contribution in [0.3, 0.4) is 0 Å². The maximum Gasteiger partial charge on any atom is 0.274 e. The fourth-order valence-corrected chi connectivity index (χ4v) is 1.26. The average molecular weight is 219 g/mol. The molecule has 0 aliphatic carbocycles. The Labute approximate surface area is 92.5 Å². The third-order valence-corrected chi connectivity index (χ3v) is 2.21. The van der Waals surface area contributed by atoms with Crippen molar-refractivity contribution in [2.75, 3.05) is 5.32 Å². The fourth-order valence-electron chi connectivity index (χ4n) is 1.26. The SMILES string of the molecule is CC(C)c1cc(NC(=O)c2ccn[nH]2)n[nH]1. The number of amides is 1. The van der Waals surface area contributed by atoms with Gasteiger partial charge >= 0.3 is 0 Å². The maximum absolute atomic E-state index is 11.6. The number of rotatable bonds is 3. The molecular weight excluding hydrogens is 206 g/mol. The van der Waals surface area contributed by atoms with Crippen molar-refractivity contribution in [1.82, 2.24) is 20.4 Å². The fraction of sp³-hybridized carbons (Fsp3) is 0.300. The molecule has 1 amide bonds. The van der Waals surface area contributed by atoms with Crippen LogP contribution < -0.4 is 5.32 Å². The highest BCUT2D eigenvalue weighted by Gasteiger charge is 2.10. The van der Waals surface area contributed by atoms with Crippen molar-refractivity contribution in [3.63, 3.8) is 0 Å². The zero-order valence-corrected chi connectivity index (χ0v) is 9.11. The van der Waals surface area contributed by atoms with Gasteiger partial charge in [0.15, 0.2) is 5.82 Å². The monoisotopic (exact) mass is 219 g/mol. The zero-order chi connectivity index (χ0) is 11.5. The zero-order valence-electron chi connectivity index (χ0n) is 9.11. The number of hydrogen-bond acceptors (Lipinski definition) is 3. The van der Waals surface area contributed by atoms with Crippen LogP contribution in [0.25, 0.3) is 0 Å². The second kappa shape index (κ2) is 4.18. The molecule has 2 aromatic rings. The lowest BCUT2D eigenvalue weighted by Gasteiger charge is -1.98. The Morgan fingerprint density at radius 1 is 1.44 bits per heavy atom. The molecule has 84 valence electrons. The van der Waals surface area contributed by atoms with Gasteiger partial charge < -0.3 is 5.32 Å². The first-order valence-electron chi connectivity index (χ1n) is 5.03. The van der Waals surface area contributed by atoms with Gasteiger partial charge in [-0.05, 0) is 12.0 Å². The van der Waals surface area contributed by atoms with Gasteiger partial charge in [0.25, 0.3) is 5.91 Å². The van der Waals surface area contributed by atoms with E-state index in [4.69, 9.17) is 0 Å². The van der Waals surface area contributed by atoms with E-state index in [0.717, 1.165) is 5.69 Å². The number of nitrogens with zero attached hydrogens (tertiary/aromatic N) is 2. The summed E-state index contributed by atoms with van der Waals surface area (Å²) in [4.78, 5) is 11.6. The predicted octanol–water partition coefficient (Wildman–Crippen LogP) is 1.51. The van der Waals surface area contributed by atoms with E-state index >= 15 is 0 Å². The minimum absolute atomic E-state index is 0.251. The van der Waals surface area contributed by atoms with Crippen LogP contribution in [0.4, 0.5) is 5.82 Å². The molecule has 2 aromatic heterocycles. The first kappa shape index (κ1) is 10.4. The molecule has 0 radical (unpaired) electrons. The molecule has 0 aromatic carbocycles. The molecule has 0 fully saturated rings. The lowest BCUT2D eigenvalue weighted by molar-refractivity contribution is 0.102. The molecule has 0 atom stereocenters. The standard InChI is InChI=1S/C10H13N5O/c1-6(2)8-5-9(15-14-8)12-10(16)7-3-4-11-13-7/h3-6H,1-2H3,(H,11,13)(H2,12,14,15,16). The number of hydrogen-bond donors (Lipinski definition) is 3. The number of anilines is 1. The van der Waals surface area contributed by atoms with Gasteiger partial charge in [-0.15, -0.1) is 0 Å². The third-order valence-electron chi connectivity index (χ3n) is 2.21. The highest BCUT2D eigenvalue weighted by Crippen LogP contribution is 2.15. The van der Waals surface area contributed by atoms with E-state index in [2.05, 4.69) is 25.7 Å². The molecule has 6 heteroatoms. The van der Waals surface area contributed by atoms with Gasteiger partial charge in [0.1, 0.15) is 5.69 Å². The molecule has 0 aliphatic heterocycles. The molecule has 0 saturated carbocycles. The topological polar surface area (TPSA) is 86.5 Å². The van der Waals surface area contributed by atoms with E-state index in [0.29, 0.717) is 17.4 Å². The Balaban J connectivity index is 2.07. The molecule has 3 N–H and O–H groups in total. The second-order valence-electron chi connectivity index (χ2n) is 3.79. The quantitative estimate of drug-likeness (QED) is 0.731. The minimum Gasteiger partial charge on any atom is -0.304 e. The van der Waals surface area contributed by atoms with Crippen molar-refractivity contribution < 1.29 is 4.79 Å². The first-order chi connectivity index (χ1) is 7.66. The van der Waals surface area contributed by atoms with Gasteiger partial charge in [-0.1, -0.05) is 13.8 Å². The summed E-state index contributed by atoms with van der Waals surface area (Å²) in [5, 5.41) is 15.8. The van der Waals surface area contributed by atoms with Crippen LogP contribution in [0.5, 0.6) is 0 Å². The molecule has 0 saturated heterocycles. The Kier molecular flexibility index (Phi) is 2.72. The highest BCUT2D eigenvalue weighted by molar-refractivity contribution is 6.02. The van der Waals surface area contributed by atoms with Gasteiger partial charge in [-0.25, -0.2) is 0 Å². The summed E-state index contributed by atoms with van der Waals surface area (Å²) < 4.78 is 0. The van der Waals surface area contributed by atoms with Gasteiger partial charge in [0, 0.05) is 18.0 Å². The number of aromatic amines is 2. The Morgan fingerprint density at radius 2 is 2.25 bits per heavy atom. The van der Waals surface area contributed by atoms with E-state index in [-0.39, 0.29) is 5.91 Å². The van der Waals surface area contributed by atoms with Gasteiger partial charge in [0.2, 0.25) is 0 Å². The molecule has 0 unspecified atom stereocenters. The minimum atomic E-state index is -0.251. The number of nitrogens with one attached hydrogen (secondary N) is 3. The maximum atomic E-state index is 11.6. The highest BCUT2D eigenvalue weighted by atomic mass is 16.2. The largest absolute Gasteiger partial charge is 0.304 e. The normalized spacial score (nSPS) is 10.7. The molecule has 16 heavy (non-hydrogen) atoms. The number of carbonyl (C=O) groups is 1. The van der Waals surface area contributed by atoms with Crippen molar-refractivity contribution in [3.8, 4) is 0 Å². The first-order valence-corrected chi connectivity index (χ1v) is 5.03. The lowest BCUT2D eigenvalue weighted by Crippen LogP contribution is -2.12. The van der Waals surface area contributed by atoms with Crippen LogP contribution in [-0.4, -0.2) is 26.3 Å². The average Bonchev–Trinajstić information content (AvgIpc) is 2.87. The van der Waals surface area contributed by atoms with Gasteiger partial charge in [-0.2, -0.15) is 10.2 Å². The van der Waals surface area contributed by atoms with E-state index in [1.54, 1.807) is 6.07 Å². The van der Waals surface area contributed by atoms with E-state index in [1.165, 1.54) is 6.20 Å². The number of aromatic nitrogens is 4. The summed E-state index contributed by atoms with van der Waals surface area (Å²) in [7, 11) is 0. The number of H-pyrrole nitrogens is 2. The van der Waals surface area contributed by atoms with E-state index in [9.17, 15) is 4.79 Å². The second-order valence-corrected chi connectivity index (χ2v) is 3.79. The van der Waals surface area contributed by atoms with Crippen LogP contribution in [-0.2, 0) is 0 Å². The van der Waals surface area contributed by atoms with Crippen molar-refractivity contribution in [2.45, 2.75) is 19.8 Å². The molecule has 0 aliphatic rings. The summed E-state index contributed by atoms with van der Waals surface area (Å²) in [6.45, 7) is 4.10. The summed E-state index contributed by atoms with van der Waals surface area (Å²) in [6.07, 6.45) is 1.53. The lowest BCUT2D eigenvalue weighted by atomic mass is 10.1. The van der Waals surface area contributed by atoms with Crippen LogP contribution in [0.2, 0.25) is 0 Å². The third kappa shape index (κ3) is 2.10. The smallest absolute Gasteiger partial charge is 0.274 e. The Hall–Kier alpha value is -2.11. The summed E-state index contributed by atoms with van der Waals surface area (Å²) in [5.74, 6) is 0.618. The van der Waals surface area contributed by atoms with Crippen LogP contribution in [0.1, 0.15) is 35.9 Å². The Morgan fingerprint density at radius 3 is 2.81 bits per heavy atom. The van der Waals surface area contributed by atoms with Crippen LogP contribution in [0, 0.1) is 0 Å². The van der Waals surface area contributed by atoms with Crippen LogP contribution in [0.15, 0.2) is 18.3 Å². The molecular formula is C10H13N5O. The van der Waals surface area contributed by atoms with Crippen molar-refractivity contribution in [1.29, 1.82) is 0 Å². The molecule has 2 rings (SSSR count). The molecule has 0 bridgehead atoms. The molecule has 0 spiro atoms. The summed E-state index contributed by atoms with van der Waals surface area (Å²) in [6, 6.07) is 3.42. The molecule has 2 heterocycles. The van der Waals surface area contributed by atoms with Crippen molar-refractivity contribution in [2.24, 2.45) is 0 Å². The van der Waals surface area contributed by atoms with E-state index in [1.807, 2.05) is 19.9 Å². The van der Waals surface area contributed by atoms with Gasteiger partial charge in [-0.3, -0.25) is 15.0 Å². The molecule has 6 nitrogen and oxygen atoms in total.